The molecule has 2 unspecified atom stereocenters. The van der Waals surface area contributed by atoms with Crippen molar-refractivity contribution in [3.05, 3.63) is 29.8 Å². The van der Waals surface area contributed by atoms with E-state index in [0.717, 1.165) is 19.7 Å². The Hall–Kier alpha value is -0.510. The fourth-order valence-corrected chi connectivity index (χ4v) is 3.62. The standard InChI is InChI=1S/C13H17NOS/c1-2-4-13-12(3-1)10(9-16-13)8-15-11-5-6-14-7-11/h1-4,10-11,14H,5-9H2. The molecular weight excluding hydrogens is 218 g/mol. The van der Waals surface area contributed by atoms with Crippen molar-refractivity contribution < 1.29 is 4.74 Å². The zero-order valence-electron chi connectivity index (χ0n) is 9.32. The third-order valence-electron chi connectivity index (χ3n) is 3.35. The lowest BCUT2D eigenvalue weighted by Gasteiger charge is -2.15. The van der Waals surface area contributed by atoms with Crippen molar-refractivity contribution >= 4 is 11.8 Å². The molecule has 2 nitrogen and oxygen atoms in total. The fraction of sp³-hybridized carbons (Fsp3) is 0.538. The van der Waals surface area contributed by atoms with E-state index in [1.165, 1.54) is 22.6 Å². The molecule has 0 radical (unpaired) electrons. The molecule has 2 aliphatic rings. The van der Waals surface area contributed by atoms with E-state index in [4.69, 9.17) is 4.74 Å². The minimum absolute atomic E-state index is 0.442. The van der Waals surface area contributed by atoms with E-state index < -0.39 is 0 Å². The van der Waals surface area contributed by atoms with Crippen molar-refractivity contribution in [2.75, 3.05) is 25.4 Å². The number of rotatable bonds is 3. The highest BCUT2D eigenvalue weighted by Crippen LogP contribution is 2.39. The molecule has 1 saturated heterocycles. The Balaban J connectivity index is 1.60. The highest BCUT2D eigenvalue weighted by Gasteiger charge is 2.24. The largest absolute Gasteiger partial charge is 0.376 e. The number of fused-ring (bicyclic) bond motifs is 1. The predicted molar refractivity (Wildman–Crippen MR) is 67.1 cm³/mol. The van der Waals surface area contributed by atoms with Gasteiger partial charge in [-0.15, -0.1) is 11.8 Å². The minimum Gasteiger partial charge on any atom is -0.376 e. The van der Waals surface area contributed by atoms with Gasteiger partial charge in [0.05, 0.1) is 12.7 Å². The van der Waals surface area contributed by atoms with Gasteiger partial charge in [-0.2, -0.15) is 0 Å². The molecule has 16 heavy (non-hydrogen) atoms. The van der Waals surface area contributed by atoms with E-state index in [1.807, 2.05) is 11.8 Å². The number of hydrogen-bond donors (Lipinski definition) is 1. The molecule has 0 amide bonds. The van der Waals surface area contributed by atoms with Gasteiger partial charge in [-0.1, -0.05) is 18.2 Å². The summed E-state index contributed by atoms with van der Waals surface area (Å²) in [5.74, 6) is 1.78. The van der Waals surface area contributed by atoms with Crippen LogP contribution >= 0.6 is 11.8 Å². The van der Waals surface area contributed by atoms with Crippen molar-refractivity contribution in [3.63, 3.8) is 0 Å². The van der Waals surface area contributed by atoms with Crippen LogP contribution in [0.25, 0.3) is 0 Å². The summed E-state index contributed by atoms with van der Waals surface area (Å²) in [4.78, 5) is 1.45. The van der Waals surface area contributed by atoms with Crippen molar-refractivity contribution in [1.29, 1.82) is 0 Å². The zero-order chi connectivity index (χ0) is 10.8. The molecule has 3 heteroatoms. The number of benzene rings is 1. The second-order valence-corrected chi connectivity index (χ2v) is 5.56. The van der Waals surface area contributed by atoms with Gasteiger partial charge in [0.2, 0.25) is 0 Å². The topological polar surface area (TPSA) is 21.3 Å². The Morgan fingerprint density at radius 2 is 2.31 bits per heavy atom. The summed E-state index contributed by atoms with van der Waals surface area (Å²) in [6, 6.07) is 8.72. The first kappa shape index (κ1) is 10.6. The normalized spacial score (nSPS) is 28.2. The monoisotopic (exact) mass is 235 g/mol. The quantitative estimate of drug-likeness (QED) is 0.868. The molecule has 1 fully saturated rings. The Morgan fingerprint density at radius 3 is 3.19 bits per heavy atom. The summed E-state index contributed by atoms with van der Waals surface area (Å²) in [5.41, 5.74) is 1.48. The maximum absolute atomic E-state index is 5.97. The molecule has 1 N–H and O–H groups in total. The van der Waals surface area contributed by atoms with Gasteiger partial charge in [0, 0.05) is 23.1 Å². The molecule has 0 aromatic heterocycles. The first-order valence-electron chi connectivity index (χ1n) is 5.97. The lowest BCUT2D eigenvalue weighted by atomic mass is 10.0. The van der Waals surface area contributed by atoms with E-state index in [1.54, 1.807) is 0 Å². The summed E-state index contributed by atoms with van der Waals surface area (Å²) in [6.45, 7) is 3.03. The third kappa shape index (κ3) is 2.12. The molecule has 2 aliphatic heterocycles. The fourth-order valence-electron chi connectivity index (χ4n) is 2.39. The predicted octanol–water partition coefficient (Wildman–Crippen LogP) is 2.25. The number of thioether (sulfide) groups is 1. The van der Waals surface area contributed by atoms with E-state index in [9.17, 15) is 0 Å². The molecule has 0 bridgehead atoms. The number of hydrogen-bond acceptors (Lipinski definition) is 3. The van der Waals surface area contributed by atoms with Crippen LogP contribution in [0.2, 0.25) is 0 Å². The van der Waals surface area contributed by atoms with Gasteiger partial charge < -0.3 is 10.1 Å². The summed E-state index contributed by atoms with van der Waals surface area (Å²) in [5, 5.41) is 3.34. The zero-order valence-corrected chi connectivity index (χ0v) is 10.1. The Labute approximate surface area is 101 Å². The Morgan fingerprint density at radius 1 is 1.38 bits per heavy atom. The second-order valence-electron chi connectivity index (χ2n) is 4.49. The maximum Gasteiger partial charge on any atom is 0.0711 e. The maximum atomic E-state index is 5.97. The molecule has 1 aromatic carbocycles. The summed E-state index contributed by atoms with van der Waals surface area (Å²) < 4.78 is 5.97. The molecule has 86 valence electrons. The smallest absolute Gasteiger partial charge is 0.0711 e. The second kappa shape index (κ2) is 4.78. The van der Waals surface area contributed by atoms with Gasteiger partial charge in [-0.25, -0.2) is 0 Å². The van der Waals surface area contributed by atoms with Gasteiger partial charge >= 0.3 is 0 Å². The Bertz CT molecular complexity index is 363. The Kier molecular flexibility index (Phi) is 3.18. The molecule has 0 spiro atoms. The van der Waals surface area contributed by atoms with Crippen molar-refractivity contribution in [2.45, 2.75) is 23.3 Å². The molecule has 2 atom stereocenters. The first-order valence-corrected chi connectivity index (χ1v) is 6.96. The van der Waals surface area contributed by atoms with Crippen molar-refractivity contribution in [1.82, 2.24) is 5.32 Å². The van der Waals surface area contributed by atoms with E-state index >= 15 is 0 Å². The SMILES string of the molecule is c1ccc2c(c1)SCC2COC1CCNC1. The van der Waals surface area contributed by atoms with Crippen LogP contribution in [0.15, 0.2) is 29.2 Å². The van der Waals surface area contributed by atoms with Crippen LogP contribution in [-0.2, 0) is 4.74 Å². The van der Waals surface area contributed by atoms with Crippen LogP contribution < -0.4 is 5.32 Å². The van der Waals surface area contributed by atoms with Crippen LogP contribution in [0.1, 0.15) is 17.9 Å². The van der Waals surface area contributed by atoms with E-state index in [0.29, 0.717) is 12.0 Å². The lowest BCUT2D eigenvalue weighted by Crippen LogP contribution is -2.20. The molecular formula is C13H17NOS. The van der Waals surface area contributed by atoms with E-state index in [2.05, 4.69) is 29.6 Å². The molecule has 0 saturated carbocycles. The minimum atomic E-state index is 0.442. The molecule has 0 aliphatic carbocycles. The summed E-state index contributed by atoms with van der Waals surface area (Å²) in [7, 11) is 0. The lowest BCUT2D eigenvalue weighted by molar-refractivity contribution is 0.0598. The van der Waals surface area contributed by atoms with E-state index in [-0.39, 0.29) is 0 Å². The van der Waals surface area contributed by atoms with Crippen LogP contribution in [0.5, 0.6) is 0 Å². The van der Waals surface area contributed by atoms with Gasteiger partial charge in [0.25, 0.3) is 0 Å². The van der Waals surface area contributed by atoms with Crippen molar-refractivity contribution in [2.24, 2.45) is 0 Å². The van der Waals surface area contributed by atoms with Crippen LogP contribution in [0, 0.1) is 0 Å². The van der Waals surface area contributed by atoms with Gasteiger partial charge in [-0.05, 0) is 24.6 Å². The first-order chi connectivity index (χ1) is 7.93. The van der Waals surface area contributed by atoms with Crippen molar-refractivity contribution in [3.8, 4) is 0 Å². The van der Waals surface area contributed by atoms with Gasteiger partial charge in [-0.3, -0.25) is 0 Å². The average molecular weight is 235 g/mol. The van der Waals surface area contributed by atoms with Gasteiger partial charge in [0.1, 0.15) is 0 Å². The number of nitrogens with one attached hydrogen (secondary N) is 1. The highest BCUT2D eigenvalue weighted by atomic mass is 32.2. The average Bonchev–Trinajstić information content (AvgIpc) is 2.96. The summed E-state index contributed by atoms with van der Waals surface area (Å²) >= 11 is 1.96. The summed E-state index contributed by atoms with van der Waals surface area (Å²) in [6.07, 6.45) is 1.61. The van der Waals surface area contributed by atoms with Crippen LogP contribution in [0.3, 0.4) is 0 Å². The molecule has 3 rings (SSSR count). The van der Waals surface area contributed by atoms with Crippen LogP contribution in [-0.4, -0.2) is 31.6 Å². The highest BCUT2D eigenvalue weighted by molar-refractivity contribution is 7.99. The van der Waals surface area contributed by atoms with Crippen LogP contribution in [0.4, 0.5) is 0 Å². The molecule has 1 aromatic rings. The number of ether oxygens (including phenoxy) is 1. The molecule has 2 heterocycles. The van der Waals surface area contributed by atoms with Gasteiger partial charge in [0.15, 0.2) is 0 Å². The third-order valence-corrected chi connectivity index (χ3v) is 4.60.